The SMILES string of the molecule is CC(C)CN(c1cccc(F)c1C(C)O)C1CC1. The quantitative estimate of drug-likeness (QED) is 0.865. The third kappa shape index (κ3) is 2.83. The van der Waals surface area contributed by atoms with Gasteiger partial charge in [-0.3, -0.25) is 0 Å². The zero-order chi connectivity index (χ0) is 13.3. The second-order valence-electron chi connectivity index (χ2n) is 5.63. The van der Waals surface area contributed by atoms with Crippen LogP contribution < -0.4 is 4.90 Å². The first-order valence-electron chi connectivity index (χ1n) is 6.73. The van der Waals surface area contributed by atoms with Crippen molar-refractivity contribution in [1.82, 2.24) is 0 Å². The highest BCUT2D eigenvalue weighted by Crippen LogP contribution is 2.37. The first-order valence-corrected chi connectivity index (χ1v) is 6.73. The molecule has 2 nitrogen and oxygen atoms in total. The molecule has 1 atom stereocenters. The van der Waals surface area contributed by atoms with E-state index in [2.05, 4.69) is 18.7 Å². The Morgan fingerprint density at radius 3 is 2.50 bits per heavy atom. The minimum atomic E-state index is -0.769. The summed E-state index contributed by atoms with van der Waals surface area (Å²) < 4.78 is 13.9. The van der Waals surface area contributed by atoms with E-state index in [0.29, 0.717) is 17.5 Å². The van der Waals surface area contributed by atoms with Gasteiger partial charge in [0, 0.05) is 23.8 Å². The second-order valence-corrected chi connectivity index (χ2v) is 5.63. The van der Waals surface area contributed by atoms with E-state index >= 15 is 0 Å². The lowest BCUT2D eigenvalue weighted by Crippen LogP contribution is -2.31. The van der Waals surface area contributed by atoms with Crippen LogP contribution in [-0.4, -0.2) is 17.7 Å². The number of aliphatic hydroxyl groups excluding tert-OH is 1. The molecular weight excluding hydrogens is 229 g/mol. The van der Waals surface area contributed by atoms with Crippen LogP contribution in [0.1, 0.15) is 45.3 Å². The highest BCUT2D eigenvalue weighted by Gasteiger charge is 2.32. The highest BCUT2D eigenvalue weighted by atomic mass is 19.1. The van der Waals surface area contributed by atoms with E-state index in [1.54, 1.807) is 13.0 Å². The largest absolute Gasteiger partial charge is 0.389 e. The number of halogens is 1. The third-order valence-corrected chi connectivity index (χ3v) is 3.31. The van der Waals surface area contributed by atoms with Crippen molar-refractivity contribution in [3.63, 3.8) is 0 Å². The predicted molar refractivity (Wildman–Crippen MR) is 72.2 cm³/mol. The van der Waals surface area contributed by atoms with Crippen molar-refractivity contribution in [3.8, 4) is 0 Å². The number of hydrogen-bond donors (Lipinski definition) is 1. The Morgan fingerprint density at radius 1 is 1.33 bits per heavy atom. The van der Waals surface area contributed by atoms with Gasteiger partial charge in [0.1, 0.15) is 5.82 Å². The Kier molecular flexibility index (Phi) is 3.91. The second kappa shape index (κ2) is 5.27. The van der Waals surface area contributed by atoms with E-state index in [9.17, 15) is 9.50 Å². The first kappa shape index (κ1) is 13.3. The van der Waals surface area contributed by atoms with E-state index in [-0.39, 0.29) is 5.82 Å². The fraction of sp³-hybridized carbons (Fsp3) is 0.600. The fourth-order valence-electron chi connectivity index (χ4n) is 2.41. The zero-order valence-corrected chi connectivity index (χ0v) is 11.4. The number of benzene rings is 1. The molecule has 1 aromatic carbocycles. The lowest BCUT2D eigenvalue weighted by molar-refractivity contribution is 0.194. The van der Waals surface area contributed by atoms with Crippen LogP contribution in [0.5, 0.6) is 0 Å². The summed E-state index contributed by atoms with van der Waals surface area (Å²) in [7, 11) is 0. The first-order chi connectivity index (χ1) is 8.50. The summed E-state index contributed by atoms with van der Waals surface area (Å²) in [5.41, 5.74) is 1.30. The molecule has 0 aromatic heterocycles. The van der Waals surface area contributed by atoms with E-state index in [0.717, 1.165) is 12.2 Å². The summed E-state index contributed by atoms with van der Waals surface area (Å²) in [5.74, 6) is 0.215. The van der Waals surface area contributed by atoms with Gasteiger partial charge in [-0.15, -0.1) is 0 Å². The van der Waals surface area contributed by atoms with Crippen LogP contribution in [-0.2, 0) is 0 Å². The average Bonchev–Trinajstić information content (AvgIpc) is 3.08. The standard InChI is InChI=1S/C15H22FNO/c1-10(2)9-17(12-7-8-12)14-6-4-5-13(16)15(14)11(3)18/h4-6,10-12,18H,7-9H2,1-3H3. The van der Waals surface area contributed by atoms with Crippen molar-refractivity contribution in [2.24, 2.45) is 5.92 Å². The Morgan fingerprint density at radius 2 is 2.00 bits per heavy atom. The van der Waals surface area contributed by atoms with Gasteiger partial charge in [-0.1, -0.05) is 19.9 Å². The van der Waals surface area contributed by atoms with Gasteiger partial charge in [0.05, 0.1) is 6.10 Å². The molecule has 0 aliphatic heterocycles. The topological polar surface area (TPSA) is 23.5 Å². The van der Waals surface area contributed by atoms with Crippen molar-refractivity contribution in [3.05, 3.63) is 29.6 Å². The van der Waals surface area contributed by atoms with Crippen LogP contribution >= 0.6 is 0 Å². The lowest BCUT2D eigenvalue weighted by Gasteiger charge is -2.29. The van der Waals surface area contributed by atoms with E-state index in [1.165, 1.54) is 18.9 Å². The Balaban J connectivity index is 2.37. The van der Waals surface area contributed by atoms with Crippen LogP contribution in [0, 0.1) is 11.7 Å². The molecule has 3 heteroatoms. The summed E-state index contributed by atoms with van der Waals surface area (Å²) in [5, 5.41) is 9.80. The molecular formula is C15H22FNO. The maximum atomic E-state index is 13.9. The van der Waals surface area contributed by atoms with Gasteiger partial charge >= 0.3 is 0 Å². The minimum absolute atomic E-state index is 0.308. The fourth-order valence-corrected chi connectivity index (χ4v) is 2.41. The zero-order valence-electron chi connectivity index (χ0n) is 11.4. The molecule has 100 valence electrons. The van der Waals surface area contributed by atoms with Gasteiger partial charge in [-0.05, 0) is 37.8 Å². The molecule has 1 fully saturated rings. The summed E-state index contributed by atoms with van der Waals surface area (Å²) in [6.07, 6.45) is 1.57. The van der Waals surface area contributed by atoms with Gasteiger partial charge in [-0.2, -0.15) is 0 Å². The number of anilines is 1. The summed E-state index contributed by atoms with van der Waals surface area (Å²) in [4.78, 5) is 2.26. The van der Waals surface area contributed by atoms with Crippen molar-refractivity contribution in [1.29, 1.82) is 0 Å². The molecule has 1 aromatic rings. The summed E-state index contributed by atoms with van der Waals surface area (Å²) >= 11 is 0. The molecule has 0 radical (unpaired) electrons. The van der Waals surface area contributed by atoms with E-state index in [4.69, 9.17) is 0 Å². The molecule has 0 saturated heterocycles. The van der Waals surface area contributed by atoms with Gasteiger partial charge in [0.2, 0.25) is 0 Å². The lowest BCUT2D eigenvalue weighted by atomic mass is 10.0. The summed E-state index contributed by atoms with van der Waals surface area (Å²) in [6.45, 7) is 6.86. The van der Waals surface area contributed by atoms with Gasteiger partial charge < -0.3 is 10.0 Å². The van der Waals surface area contributed by atoms with Gasteiger partial charge in [-0.25, -0.2) is 4.39 Å². The molecule has 1 aliphatic carbocycles. The Hall–Kier alpha value is -1.09. The predicted octanol–water partition coefficient (Wildman–Crippen LogP) is 3.50. The average molecular weight is 251 g/mol. The maximum absolute atomic E-state index is 13.9. The monoisotopic (exact) mass is 251 g/mol. The highest BCUT2D eigenvalue weighted by molar-refractivity contribution is 5.56. The molecule has 0 spiro atoms. The molecule has 2 rings (SSSR count). The molecule has 0 heterocycles. The molecule has 1 unspecified atom stereocenters. The number of nitrogens with zero attached hydrogens (tertiary/aromatic N) is 1. The Labute approximate surface area is 108 Å². The minimum Gasteiger partial charge on any atom is -0.389 e. The molecule has 0 amide bonds. The summed E-state index contributed by atoms with van der Waals surface area (Å²) in [6, 6.07) is 5.59. The molecule has 18 heavy (non-hydrogen) atoms. The molecule has 0 bridgehead atoms. The van der Waals surface area contributed by atoms with Gasteiger partial charge in [0.15, 0.2) is 0 Å². The van der Waals surface area contributed by atoms with Crippen LogP contribution in [0.15, 0.2) is 18.2 Å². The van der Waals surface area contributed by atoms with Crippen molar-refractivity contribution < 1.29 is 9.50 Å². The number of aliphatic hydroxyl groups is 1. The van der Waals surface area contributed by atoms with Gasteiger partial charge in [0.25, 0.3) is 0 Å². The third-order valence-electron chi connectivity index (χ3n) is 3.31. The van der Waals surface area contributed by atoms with E-state index in [1.807, 2.05) is 6.07 Å². The maximum Gasteiger partial charge on any atom is 0.131 e. The van der Waals surface area contributed by atoms with Crippen LogP contribution in [0.4, 0.5) is 10.1 Å². The van der Waals surface area contributed by atoms with Crippen molar-refractivity contribution in [2.75, 3.05) is 11.4 Å². The smallest absolute Gasteiger partial charge is 0.131 e. The molecule has 1 aliphatic rings. The number of rotatable bonds is 5. The normalized spacial score (nSPS) is 17.0. The van der Waals surface area contributed by atoms with Crippen LogP contribution in [0.2, 0.25) is 0 Å². The number of hydrogen-bond acceptors (Lipinski definition) is 2. The Bertz CT molecular complexity index is 413. The van der Waals surface area contributed by atoms with Crippen LogP contribution in [0.25, 0.3) is 0 Å². The van der Waals surface area contributed by atoms with E-state index < -0.39 is 6.10 Å². The molecule has 1 N–H and O–H groups in total. The molecule has 1 saturated carbocycles. The van der Waals surface area contributed by atoms with Crippen molar-refractivity contribution in [2.45, 2.75) is 45.8 Å². The van der Waals surface area contributed by atoms with Crippen LogP contribution in [0.3, 0.4) is 0 Å². The van der Waals surface area contributed by atoms with Crippen molar-refractivity contribution >= 4 is 5.69 Å².